The summed E-state index contributed by atoms with van der Waals surface area (Å²) in [7, 11) is 0. The molecule has 1 nitrogen and oxygen atoms in total. The standard InChI is InChI=1S/C15H22BrN/c1-11(2)13(10-17-15-6-7-15)8-12-4-3-5-14(16)9-12/h3-5,9,11,13,15,17H,6-8,10H2,1-2H3. The van der Waals surface area contributed by atoms with Gasteiger partial charge in [0.1, 0.15) is 0 Å². The Kier molecular flexibility index (Phi) is 4.63. The zero-order valence-corrected chi connectivity index (χ0v) is 12.3. The number of nitrogens with one attached hydrogen (secondary N) is 1. The Morgan fingerprint density at radius 2 is 2.12 bits per heavy atom. The molecule has 17 heavy (non-hydrogen) atoms. The molecule has 1 N–H and O–H groups in total. The van der Waals surface area contributed by atoms with Crippen molar-refractivity contribution in [3.05, 3.63) is 34.3 Å². The maximum absolute atomic E-state index is 3.66. The molecule has 2 rings (SSSR count). The van der Waals surface area contributed by atoms with Crippen molar-refractivity contribution in [3.63, 3.8) is 0 Å². The van der Waals surface area contributed by atoms with Gasteiger partial charge in [-0.3, -0.25) is 0 Å². The molecule has 1 fully saturated rings. The largest absolute Gasteiger partial charge is 0.314 e. The Bertz CT molecular complexity index is 358. The first-order chi connectivity index (χ1) is 8.15. The van der Waals surface area contributed by atoms with Crippen LogP contribution >= 0.6 is 15.9 Å². The van der Waals surface area contributed by atoms with Crippen molar-refractivity contribution in [2.45, 2.75) is 39.2 Å². The van der Waals surface area contributed by atoms with Crippen LogP contribution in [0, 0.1) is 11.8 Å². The second-order valence-corrected chi connectivity index (χ2v) is 6.44. The highest BCUT2D eigenvalue weighted by molar-refractivity contribution is 9.10. The molecule has 1 aliphatic rings. The molecule has 0 bridgehead atoms. The van der Waals surface area contributed by atoms with Gasteiger partial charge >= 0.3 is 0 Å². The van der Waals surface area contributed by atoms with E-state index < -0.39 is 0 Å². The maximum atomic E-state index is 3.66. The lowest BCUT2D eigenvalue weighted by atomic mass is 9.89. The van der Waals surface area contributed by atoms with Gasteiger partial charge in [-0.25, -0.2) is 0 Å². The van der Waals surface area contributed by atoms with Gasteiger partial charge in [0, 0.05) is 10.5 Å². The number of benzene rings is 1. The van der Waals surface area contributed by atoms with Gasteiger partial charge in [0.25, 0.3) is 0 Å². The van der Waals surface area contributed by atoms with E-state index in [2.05, 4.69) is 59.4 Å². The zero-order chi connectivity index (χ0) is 12.3. The normalized spacial score (nSPS) is 17.4. The van der Waals surface area contributed by atoms with E-state index >= 15 is 0 Å². The fourth-order valence-electron chi connectivity index (χ4n) is 2.12. The Morgan fingerprint density at radius 1 is 1.35 bits per heavy atom. The Morgan fingerprint density at radius 3 is 2.71 bits per heavy atom. The zero-order valence-electron chi connectivity index (χ0n) is 10.7. The number of hydrogen-bond donors (Lipinski definition) is 1. The molecule has 0 amide bonds. The number of rotatable bonds is 6. The SMILES string of the molecule is CC(C)C(CNC1CC1)Cc1cccc(Br)c1. The van der Waals surface area contributed by atoms with Gasteiger partial charge in [-0.15, -0.1) is 0 Å². The van der Waals surface area contributed by atoms with Crippen LogP contribution in [0.4, 0.5) is 0 Å². The van der Waals surface area contributed by atoms with Gasteiger partial charge in [-0.05, 0) is 55.3 Å². The summed E-state index contributed by atoms with van der Waals surface area (Å²) in [5, 5.41) is 3.66. The molecule has 1 saturated carbocycles. The van der Waals surface area contributed by atoms with Crippen LogP contribution in [-0.2, 0) is 6.42 Å². The lowest BCUT2D eigenvalue weighted by Crippen LogP contribution is -2.29. The molecule has 1 aromatic rings. The summed E-state index contributed by atoms with van der Waals surface area (Å²) in [4.78, 5) is 0. The monoisotopic (exact) mass is 295 g/mol. The molecule has 0 spiro atoms. The van der Waals surface area contributed by atoms with Gasteiger partial charge < -0.3 is 5.32 Å². The minimum absolute atomic E-state index is 0.736. The summed E-state index contributed by atoms with van der Waals surface area (Å²) < 4.78 is 1.19. The van der Waals surface area contributed by atoms with Crippen molar-refractivity contribution in [1.29, 1.82) is 0 Å². The smallest absolute Gasteiger partial charge is 0.0177 e. The molecular formula is C15H22BrN. The van der Waals surface area contributed by atoms with E-state index in [1.807, 2.05) is 0 Å². The molecule has 94 valence electrons. The molecule has 1 unspecified atom stereocenters. The highest BCUT2D eigenvalue weighted by Crippen LogP contribution is 2.23. The van der Waals surface area contributed by atoms with Crippen molar-refractivity contribution in [1.82, 2.24) is 5.32 Å². The minimum Gasteiger partial charge on any atom is -0.314 e. The van der Waals surface area contributed by atoms with Crippen molar-refractivity contribution in [2.75, 3.05) is 6.54 Å². The summed E-state index contributed by atoms with van der Waals surface area (Å²) in [6.45, 7) is 5.82. The predicted octanol–water partition coefficient (Wildman–Crippen LogP) is 4.02. The molecular weight excluding hydrogens is 274 g/mol. The van der Waals surface area contributed by atoms with Crippen LogP contribution in [0.3, 0.4) is 0 Å². The Labute approximate surface area is 113 Å². The van der Waals surface area contributed by atoms with Crippen LogP contribution in [-0.4, -0.2) is 12.6 Å². The Hall–Kier alpha value is -0.340. The fourth-order valence-corrected chi connectivity index (χ4v) is 2.56. The summed E-state index contributed by atoms with van der Waals surface area (Å²) >= 11 is 3.55. The van der Waals surface area contributed by atoms with Gasteiger partial charge in [-0.2, -0.15) is 0 Å². The van der Waals surface area contributed by atoms with Gasteiger partial charge in [0.05, 0.1) is 0 Å². The predicted molar refractivity (Wildman–Crippen MR) is 77.2 cm³/mol. The molecule has 1 atom stereocenters. The highest BCUT2D eigenvalue weighted by Gasteiger charge is 2.23. The quantitative estimate of drug-likeness (QED) is 0.836. The maximum Gasteiger partial charge on any atom is 0.0177 e. The average Bonchev–Trinajstić information content (AvgIpc) is 3.07. The first kappa shape index (κ1) is 13.1. The van der Waals surface area contributed by atoms with E-state index in [1.165, 1.54) is 29.3 Å². The lowest BCUT2D eigenvalue weighted by molar-refractivity contribution is 0.359. The minimum atomic E-state index is 0.736. The van der Waals surface area contributed by atoms with E-state index in [9.17, 15) is 0 Å². The van der Waals surface area contributed by atoms with Crippen LogP contribution in [0.25, 0.3) is 0 Å². The van der Waals surface area contributed by atoms with E-state index in [0.717, 1.165) is 24.4 Å². The van der Waals surface area contributed by atoms with Gasteiger partial charge in [-0.1, -0.05) is 41.9 Å². The van der Waals surface area contributed by atoms with Crippen LogP contribution in [0.1, 0.15) is 32.3 Å². The molecule has 0 aromatic heterocycles. The van der Waals surface area contributed by atoms with Crippen LogP contribution in [0.15, 0.2) is 28.7 Å². The van der Waals surface area contributed by atoms with Gasteiger partial charge in [0.2, 0.25) is 0 Å². The number of halogens is 1. The lowest BCUT2D eigenvalue weighted by Gasteiger charge is -2.21. The molecule has 0 heterocycles. The Balaban J connectivity index is 1.91. The summed E-state index contributed by atoms with van der Waals surface area (Å²) in [6, 6.07) is 9.52. The van der Waals surface area contributed by atoms with Crippen molar-refractivity contribution in [3.8, 4) is 0 Å². The topological polar surface area (TPSA) is 12.0 Å². The van der Waals surface area contributed by atoms with E-state index in [4.69, 9.17) is 0 Å². The summed E-state index contributed by atoms with van der Waals surface area (Å²) in [5.41, 5.74) is 1.44. The highest BCUT2D eigenvalue weighted by atomic mass is 79.9. The molecule has 2 heteroatoms. The molecule has 1 aromatic carbocycles. The van der Waals surface area contributed by atoms with Crippen molar-refractivity contribution in [2.24, 2.45) is 11.8 Å². The second kappa shape index (κ2) is 6.01. The van der Waals surface area contributed by atoms with E-state index in [1.54, 1.807) is 0 Å². The fraction of sp³-hybridized carbons (Fsp3) is 0.600. The first-order valence-electron chi connectivity index (χ1n) is 6.63. The second-order valence-electron chi connectivity index (χ2n) is 5.52. The molecule has 0 saturated heterocycles. The first-order valence-corrected chi connectivity index (χ1v) is 7.42. The molecule has 0 aliphatic heterocycles. The van der Waals surface area contributed by atoms with Gasteiger partial charge in [0.15, 0.2) is 0 Å². The van der Waals surface area contributed by atoms with E-state index in [-0.39, 0.29) is 0 Å². The third kappa shape index (κ3) is 4.44. The molecule has 0 radical (unpaired) electrons. The van der Waals surface area contributed by atoms with Crippen molar-refractivity contribution >= 4 is 15.9 Å². The van der Waals surface area contributed by atoms with Crippen LogP contribution in [0.2, 0.25) is 0 Å². The van der Waals surface area contributed by atoms with Crippen LogP contribution in [0.5, 0.6) is 0 Å². The third-order valence-electron chi connectivity index (χ3n) is 3.58. The van der Waals surface area contributed by atoms with E-state index in [0.29, 0.717) is 0 Å². The summed E-state index contributed by atoms with van der Waals surface area (Å²) in [6.07, 6.45) is 3.93. The van der Waals surface area contributed by atoms with Crippen LogP contribution < -0.4 is 5.32 Å². The third-order valence-corrected chi connectivity index (χ3v) is 4.07. The molecule has 1 aliphatic carbocycles. The summed E-state index contributed by atoms with van der Waals surface area (Å²) in [5.74, 6) is 1.48. The average molecular weight is 296 g/mol. The van der Waals surface area contributed by atoms with Crippen molar-refractivity contribution < 1.29 is 0 Å². The number of hydrogen-bond acceptors (Lipinski definition) is 1.